The van der Waals surface area contributed by atoms with E-state index in [0.717, 1.165) is 16.8 Å². The van der Waals surface area contributed by atoms with Gasteiger partial charge in [0.25, 0.3) is 0 Å². The SMILES string of the molecule is Cc1ccccc1-c1cnc(C(C)(C)C(=O)O)[nH]1. The van der Waals surface area contributed by atoms with E-state index < -0.39 is 11.4 Å². The van der Waals surface area contributed by atoms with Gasteiger partial charge >= 0.3 is 5.97 Å². The Balaban J connectivity index is 2.44. The third-order valence-electron chi connectivity index (χ3n) is 3.14. The number of nitrogens with zero attached hydrogens (tertiary/aromatic N) is 1. The van der Waals surface area contributed by atoms with Gasteiger partial charge in [-0.3, -0.25) is 4.79 Å². The average molecular weight is 244 g/mol. The summed E-state index contributed by atoms with van der Waals surface area (Å²) in [4.78, 5) is 18.5. The minimum Gasteiger partial charge on any atom is -0.481 e. The van der Waals surface area contributed by atoms with Crippen LogP contribution in [0.3, 0.4) is 0 Å². The van der Waals surface area contributed by atoms with Crippen LogP contribution in [0.5, 0.6) is 0 Å². The molecule has 0 aliphatic rings. The summed E-state index contributed by atoms with van der Waals surface area (Å²) in [5, 5.41) is 9.17. The molecule has 0 aliphatic carbocycles. The number of aromatic amines is 1. The van der Waals surface area contributed by atoms with Crippen molar-refractivity contribution in [1.82, 2.24) is 9.97 Å². The summed E-state index contributed by atoms with van der Waals surface area (Å²) >= 11 is 0. The molecule has 0 fully saturated rings. The van der Waals surface area contributed by atoms with Crippen molar-refractivity contribution in [2.45, 2.75) is 26.2 Å². The summed E-state index contributed by atoms with van der Waals surface area (Å²) in [6, 6.07) is 7.92. The number of H-pyrrole nitrogens is 1. The largest absolute Gasteiger partial charge is 0.481 e. The first kappa shape index (κ1) is 12.4. The van der Waals surface area contributed by atoms with Gasteiger partial charge in [0.2, 0.25) is 0 Å². The van der Waals surface area contributed by atoms with Gasteiger partial charge < -0.3 is 10.1 Å². The molecule has 1 heterocycles. The lowest BCUT2D eigenvalue weighted by Gasteiger charge is -2.15. The van der Waals surface area contributed by atoms with Crippen LogP contribution in [0.15, 0.2) is 30.5 Å². The molecule has 2 rings (SSSR count). The van der Waals surface area contributed by atoms with Gasteiger partial charge in [0.1, 0.15) is 11.2 Å². The smallest absolute Gasteiger partial charge is 0.316 e. The van der Waals surface area contributed by atoms with E-state index in [-0.39, 0.29) is 0 Å². The fraction of sp³-hybridized carbons (Fsp3) is 0.286. The Morgan fingerprint density at radius 2 is 2.00 bits per heavy atom. The molecule has 2 aromatic rings. The summed E-state index contributed by atoms with van der Waals surface area (Å²) in [5.41, 5.74) is 2.00. The van der Waals surface area contributed by atoms with E-state index in [2.05, 4.69) is 9.97 Å². The van der Waals surface area contributed by atoms with E-state index in [1.54, 1.807) is 20.0 Å². The molecule has 0 saturated heterocycles. The quantitative estimate of drug-likeness (QED) is 0.872. The second kappa shape index (κ2) is 4.29. The van der Waals surface area contributed by atoms with Crippen LogP contribution in [-0.4, -0.2) is 21.0 Å². The predicted molar refractivity (Wildman–Crippen MR) is 69.4 cm³/mol. The molecule has 2 N–H and O–H groups in total. The average Bonchev–Trinajstić information content (AvgIpc) is 2.79. The van der Waals surface area contributed by atoms with E-state index in [0.29, 0.717) is 5.82 Å². The van der Waals surface area contributed by atoms with Gasteiger partial charge in [-0.1, -0.05) is 24.3 Å². The van der Waals surface area contributed by atoms with Gasteiger partial charge in [-0.25, -0.2) is 4.98 Å². The third-order valence-corrected chi connectivity index (χ3v) is 3.14. The summed E-state index contributed by atoms with van der Waals surface area (Å²) in [6.07, 6.45) is 1.68. The maximum atomic E-state index is 11.2. The topological polar surface area (TPSA) is 66.0 Å². The number of rotatable bonds is 3. The second-order valence-corrected chi connectivity index (χ2v) is 4.89. The molecule has 0 spiro atoms. The van der Waals surface area contributed by atoms with Gasteiger partial charge in [-0.15, -0.1) is 0 Å². The lowest BCUT2D eigenvalue weighted by atomic mass is 9.93. The molecule has 0 saturated carbocycles. The molecule has 18 heavy (non-hydrogen) atoms. The van der Waals surface area contributed by atoms with Crippen molar-refractivity contribution >= 4 is 5.97 Å². The molecule has 0 aliphatic heterocycles. The second-order valence-electron chi connectivity index (χ2n) is 4.89. The Morgan fingerprint density at radius 1 is 1.33 bits per heavy atom. The highest BCUT2D eigenvalue weighted by atomic mass is 16.4. The van der Waals surface area contributed by atoms with Crippen molar-refractivity contribution < 1.29 is 9.90 Å². The maximum Gasteiger partial charge on any atom is 0.316 e. The molecule has 0 bridgehead atoms. The fourth-order valence-corrected chi connectivity index (χ4v) is 1.75. The number of hydrogen-bond acceptors (Lipinski definition) is 2. The summed E-state index contributed by atoms with van der Waals surface area (Å²) < 4.78 is 0. The van der Waals surface area contributed by atoms with Crippen molar-refractivity contribution in [2.24, 2.45) is 0 Å². The minimum absolute atomic E-state index is 0.466. The van der Waals surface area contributed by atoms with Gasteiger partial charge in [0, 0.05) is 5.56 Å². The number of aryl methyl sites for hydroxylation is 1. The van der Waals surface area contributed by atoms with Crippen molar-refractivity contribution in [3.8, 4) is 11.3 Å². The monoisotopic (exact) mass is 244 g/mol. The number of hydrogen-bond donors (Lipinski definition) is 2. The van der Waals surface area contributed by atoms with Crippen LogP contribution in [0.1, 0.15) is 25.2 Å². The van der Waals surface area contributed by atoms with Crippen LogP contribution in [0.2, 0.25) is 0 Å². The number of carboxylic acid groups (broad SMARTS) is 1. The van der Waals surface area contributed by atoms with Crippen LogP contribution < -0.4 is 0 Å². The van der Waals surface area contributed by atoms with E-state index >= 15 is 0 Å². The van der Waals surface area contributed by atoms with Gasteiger partial charge in [0.05, 0.1) is 11.9 Å². The number of benzene rings is 1. The molecule has 0 atom stereocenters. The van der Waals surface area contributed by atoms with E-state index in [9.17, 15) is 4.79 Å². The Morgan fingerprint density at radius 3 is 2.61 bits per heavy atom. The zero-order valence-electron chi connectivity index (χ0n) is 10.7. The molecular weight excluding hydrogens is 228 g/mol. The number of nitrogens with one attached hydrogen (secondary N) is 1. The zero-order valence-corrected chi connectivity index (χ0v) is 10.7. The predicted octanol–water partition coefficient (Wildman–Crippen LogP) is 2.75. The molecule has 0 amide bonds. The number of aliphatic carboxylic acids is 1. The number of carboxylic acids is 1. The highest BCUT2D eigenvalue weighted by Crippen LogP contribution is 2.26. The fourth-order valence-electron chi connectivity index (χ4n) is 1.75. The minimum atomic E-state index is -1.01. The molecule has 4 nitrogen and oxygen atoms in total. The maximum absolute atomic E-state index is 11.2. The standard InChI is InChI=1S/C14H16N2O2/c1-9-6-4-5-7-10(9)11-8-15-12(16-11)14(2,3)13(17)18/h4-8H,1-3H3,(H,15,16)(H,17,18). The van der Waals surface area contributed by atoms with Crippen LogP contribution in [-0.2, 0) is 10.2 Å². The van der Waals surface area contributed by atoms with E-state index in [1.807, 2.05) is 31.2 Å². The highest BCUT2D eigenvalue weighted by molar-refractivity contribution is 5.79. The number of carbonyl (C=O) groups is 1. The lowest BCUT2D eigenvalue weighted by molar-refractivity contribution is -0.142. The van der Waals surface area contributed by atoms with E-state index in [1.165, 1.54) is 0 Å². The molecule has 1 aromatic carbocycles. The Kier molecular flexibility index (Phi) is 2.95. The van der Waals surface area contributed by atoms with Crippen LogP contribution in [0.25, 0.3) is 11.3 Å². The Hall–Kier alpha value is -2.10. The first-order chi connectivity index (χ1) is 8.43. The molecule has 0 radical (unpaired) electrons. The van der Waals surface area contributed by atoms with Crippen LogP contribution in [0, 0.1) is 6.92 Å². The number of imidazole rings is 1. The zero-order chi connectivity index (χ0) is 13.3. The van der Waals surface area contributed by atoms with E-state index in [4.69, 9.17) is 5.11 Å². The van der Waals surface area contributed by atoms with Crippen molar-refractivity contribution in [2.75, 3.05) is 0 Å². The molecule has 4 heteroatoms. The summed E-state index contributed by atoms with van der Waals surface area (Å²) in [7, 11) is 0. The molecule has 0 unspecified atom stereocenters. The van der Waals surface area contributed by atoms with Crippen molar-refractivity contribution in [1.29, 1.82) is 0 Å². The molecule has 94 valence electrons. The van der Waals surface area contributed by atoms with Crippen LogP contribution in [0.4, 0.5) is 0 Å². The van der Waals surface area contributed by atoms with Gasteiger partial charge in [0.15, 0.2) is 0 Å². The van der Waals surface area contributed by atoms with Crippen LogP contribution >= 0.6 is 0 Å². The van der Waals surface area contributed by atoms with Gasteiger partial charge in [-0.05, 0) is 26.3 Å². The summed E-state index contributed by atoms with van der Waals surface area (Å²) in [5.74, 6) is -0.429. The van der Waals surface area contributed by atoms with Crippen molar-refractivity contribution in [3.05, 3.63) is 41.9 Å². The normalized spacial score (nSPS) is 11.5. The highest BCUT2D eigenvalue weighted by Gasteiger charge is 2.32. The lowest BCUT2D eigenvalue weighted by Crippen LogP contribution is -2.29. The Bertz CT molecular complexity index is 585. The number of aromatic nitrogens is 2. The summed E-state index contributed by atoms with van der Waals surface area (Å²) in [6.45, 7) is 5.28. The molecular formula is C14H16N2O2. The third kappa shape index (κ3) is 2.01. The first-order valence-corrected chi connectivity index (χ1v) is 5.78. The molecule has 1 aromatic heterocycles. The first-order valence-electron chi connectivity index (χ1n) is 5.78. The Labute approximate surface area is 106 Å². The van der Waals surface area contributed by atoms with Crippen molar-refractivity contribution in [3.63, 3.8) is 0 Å². The van der Waals surface area contributed by atoms with Gasteiger partial charge in [-0.2, -0.15) is 0 Å².